The van der Waals surface area contributed by atoms with Crippen LogP contribution in [0.5, 0.6) is 0 Å². The van der Waals surface area contributed by atoms with Crippen molar-refractivity contribution in [3.8, 4) is 0 Å². The van der Waals surface area contributed by atoms with Gasteiger partial charge in [0.15, 0.2) is 0 Å². The molecule has 8 heteroatoms. The number of hydrogen-bond donors (Lipinski definition) is 0. The summed E-state index contributed by atoms with van der Waals surface area (Å²) >= 11 is 18.2. The number of non-ortho nitro benzene ring substituents is 1. The van der Waals surface area contributed by atoms with Crippen LogP contribution in [0.15, 0.2) is 71.9 Å². The molecule has 1 aliphatic carbocycles. The zero-order valence-corrected chi connectivity index (χ0v) is 18.4. The zero-order valence-electron chi connectivity index (χ0n) is 16.2. The van der Waals surface area contributed by atoms with Crippen LogP contribution in [-0.4, -0.2) is 10.6 Å². The fourth-order valence-corrected chi connectivity index (χ4v) is 4.06. The normalized spacial score (nSPS) is 18.0. The van der Waals surface area contributed by atoms with Gasteiger partial charge < -0.3 is 4.84 Å². The van der Waals surface area contributed by atoms with E-state index in [-0.39, 0.29) is 24.1 Å². The molecular formula is C23H17Cl3N2O3. The van der Waals surface area contributed by atoms with Crippen molar-refractivity contribution in [2.45, 2.75) is 18.9 Å². The number of nitro benzene ring substituents is 1. The lowest BCUT2D eigenvalue weighted by molar-refractivity contribution is -0.384. The first-order valence-electron chi connectivity index (χ1n) is 9.56. The van der Waals surface area contributed by atoms with Gasteiger partial charge in [-0.3, -0.25) is 10.1 Å². The van der Waals surface area contributed by atoms with E-state index < -0.39 is 4.92 Å². The summed E-state index contributed by atoms with van der Waals surface area (Å²) in [7, 11) is 0. The predicted octanol–water partition coefficient (Wildman–Crippen LogP) is 7.28. The highest BCUT2D eigenvalue weighted by atomic mass is 35.5. The van der Waals surface area contributed by atoms with E-state index in [4.69, 9.17) is 39.6 Å². The number of rotatable bonds is 7. The molecule has 3 aromatic rings. The Morgan fingerprint density at radius 1 is 1.00 bits per heavy atom. The van der Waals surface area contributed by atoms with Gasteiger partial charge in [-0.05, 0) is 54.3 Å². The van der Waals surface area contributed by atoms with Crippen molar-refractivity contribution < 1.29 is 9.76 Å². The lowest BCUT2D eigenvalue weighted by Gasteiger charge is -2.09. The van der Waals surface area contributed by atoms with E-state index >= 15 is 0 Å². The Balaban J connectivity index is 1.57. The van der Waals surface area contributed by atoms with Crippen LogP contribution in [0, 0.1) is 16.0 Å². The molecule has 3 aromatic carbocycles. The molecule has 4 rings (SSSR count). The van der Waals surface area contributed by atoms with E-state index in [1.54, 1.807) is 30.3 Å². The molecule has 0 N–H and O–H groups in total. The number of oxime groups is 1. The van der Waals surface area contributed by atoms with Crippen LogP contribution in [0.2, 0.25) is 15.1 Å². The molecule has 0 heterocycles. The highest BCUT2D eigenvalue weighted by Gasteiger charge is 2.43. The average Bonchev–Trinajstić information content (AvgIpc) is 3.53. The molecule has 31 heavy (non-hydrogen) atoms. The Labute approximate surface area is 194 Å². The summed E-state index contributed by atoms with van der Waals surface area (Å²) in [4.78, 5) is 16.2. The molecule has 158 valence electrons. The number of benzene rings is 3. The summed E-state index contributed by atoms with van der Waals surface area (Å²) in [6.45, 7) is 0.185. The van der Waals surface area contributed by atoms with Crippen molar-refractivity contribution in [1.82, 2.24) is 0 Å². The first-order chi connectivity index (χ1) is 14.9. The molecule has 0 bridgehead atoms. The van der Waals surface area contributed by atoms with E-state index in [0.29, 0.717) is 15.1 Å². The molecule has 1 aliphatic rings. The van der Waals surface area contributed by atoms with Gasteiger partial charge in [0.1, 0.15) is 6.61 Å². The van der Waals surface area contributed by atoms with Gasteiger partial charge in [0.25, 0.3) is 5.69 Å². The maximum atomic E-state index is 11.0. The van der Waals surface area contributed by atoms with Crippen molar-refractivity contribution >= 4 is 46.2 Å². The molecule has 5 nitrogen and oxygen atoms in total. The van der Waals surface area contributed by atoms with E-state index in [1.807, 2.05) is 24.3 Å². The molecule has 1 fully saturated rings. The second-order valence-electron chi connectivity index (χ2n) is 7.29. The second kappa shape index (κ2) is 9.27. The van der Waals surface area contributed by atoms with Crippen molar-refractivity contribution in [1.29, 1.82) is 0 Å². The fourth-order valence-electron chi connectivity index (χ4n) is 3.47. The van der Waals surface area contributed by atoms with Gasteiger partial charge >= 0.3 is 0 Å². The molecule has 2 unspecified atom stereocenters. The molecule has 0 radical (unpaired) electrons. The summed E-state index contributed by atoms with van der Waals surface area (Å²) in [6, 6.07) is 19.3. The van der Waals surface area contributed by atoms with E-state index in [1.165, 1.54) is 17.7 Å². The quantitative estimate of drug-likeness (QED) is 0.205. The van der Waals surface area contributed by atoms with Crippen LogP contribution in [-0.2, 0) is 11.4 Å². The minimum Gasteiger partial charge on any atom is -0.391 e. The smallest absolute Gasteiger partial charge is 0.269 e. The monoisotopic (exact) mass is 474 g/mol. The molecule has 2 atom stereocenters. The average molecular weight is 476 g/mol. The highest BCUT2D eigenvalue weighted by Crippen LogP contribution is 2.49. The maximum absolute atomic E-state index is 11.0. The van der Waals surface area contributed by atoms with Gasteiger partial charge in [0.05, 0.1) is 10.6 Å². The van der Waals surface area contributed by atoms with E-state index in [9.17, 15) is 10.1 Å². The van der Waals surface area contributed by atoms with Crippen molar-refractivity contribution in [2.75, 3.05) is 0 Å². The first kappa shape index (κ1) is 21.6. The standard InChI is InChI=1S/C23H17Cl3N2O3/c24-17-6-1-14(2-7-17)20-12-21(20)23(15-4-9-19(10-5-15)28(29)30)27-31-13-16-3-8-18(25)11-22(16)26/h1-11,20-21H,12-13H2/b27-23+. The van der Waals surface area contributed by atoms with Gasteiger partial charge in [0, 0.05) is 44.2 Å². The van der Waals surface area contributed by atoms with Crippen molar-refractivity contribution in [3.05, 3.63) is 109 Å². The molecular weight excluding hydrogens is 459 g/mol. The minimum absolute atomic E-state index is 0.0296. The maximum Gasteiger partial charge on any atom is 0.269 e. The van der Waals surface area contributed by atoms with E-state index in [2.05, 4.69) is 5.16 Å². The summed E-state index contributed by atoms with van der Waals surface area (Å²) in [6.07, 6.45) is 0.905. The van der Waals surface area contributed by atoms with Crippen LogP contribution in [0.1, 0.15) is 29.0 Å². The van der Waals surface area contributed by atoms with Crippen LogP contribution < -0.4 is 0 Å². The first-order valence-corrected chi connectivity index (χ1v) is 10.7. The van der Waals surface area contributed by atoms with Gasteiger partial charge in [-0.1, -0.05) is 58.2 Å². The minimum atomic E-state index is -0.423. The predicted molar refractivity (Wildman–Crippen MR) is 123 cm³/mol. The van der Waals surface area contributed by atoms with Crippen molar-refractivity contribution in [2.24, 2.45) is 11.1 Å². The second-order valence-corrected chi connectivity index (χ2v) is 8.57. The number of nitrogens with zero attached hydrogens (tertiary/aromatic N) is 2. The molecule has 0 amide bonds. The Kier molecular flexibility index (Phi) is 6.46. The van der Waals surface area contributed by atoms with Gasteiger partial charge in [-0.25, -0.2) is 0 Å². The topological polar surface area (TPSA) is 64.7 Å². The van der Waals surface area contributed by atoms with Gasteiger partial charge in [-0.15, -0.1) is 0 Å². The molecule has 0 spiro atoms. The van der Waals surface area contributed by atoms with Crippen molar-refractivity contribution in [3.63, 3.8) is 0 Å². The number of halogens is 3. The molecule has 0 aliphatic heterocycles. The molecule has 0 saturated heterocycles. The summed E-state index contributed by atoms with van der Waals surface area (Å²) < 4.78 is 0. The fraction of sp³-hybridized carbons (Fsp3) is 0.174. The van der Waals surface area contributed by atoms with Gasteiger partial charge in [0.2, 0.25) is 0 Å². The Morgan fingerprint density at radius 2 is 1.68 bits per heavy atom. The lowest BCUT2D eigenvalue weighted by Crippen LogP contribution is -2.07. The largest absolute Gasteiger partial charge is 0.391 e. The number of nitro groups is 1. The summed E-state index contributed by atoms with van der Waals surface area (Å²) in [5.74, 6) is 0.428. The Morgan fingerprint density at radius 3 is 2.32 bits per heavy atom. The Bertz CT molecular complexity index is 1130. The van der Waals surface area contributed by atoms with Crippen LogP contribution in [0.25, 0.3) is 0 Å². The third kappa shape index (κ3) is 5.18. The summed E-state index contributed by atoms with van der Waals surface area (Å²) in [5, 5.41) is 17.1. The van der Waals surface area contributed by atoms with Crippen LogP contribution in [0.3, 0.4) is 0 Å². The lowest BCUT2D eigenvalue weighted by atomic mass is 10.0. The molecule has 0 aromatic heterocycles. The zero-order chi connectivity index (χ0) is 22.0. The SMILES string of the molecule is O=[N+]([O-])c1ccc(/C(=N\OCc2ccc(Cl)cc2Cl)C2CC2c2ccc(Cl)cc2)cc1. The third-order valence-electron chi connectivity index (χ3n) is 5.21. The van der Waals surface area contributed by atoms with Crippen LogP contribution >= 0.6 is 34.8 Å². The van der Waals surface area contributed by atoms with Crippen LogP contribution in [0.4, 0.5) is 5.69 Å². The van der Waals surface area contributed by atoms with E-state index in [0.717, 1.165) is 23.3 Å². The van der Waals surface area contributed by atoms with Gasteiger partial charge in [-0.2, -0.15) is 0 Å². The highest BCUT2D eigenvalue weighted by molar-refractivity contribution is 6.35. The summed E-state index contributed by atoms with van der Waals surface area (Å²) in [5.41, 5.74) is 3.50. The third-order valence-corrected chi connectivity index (χ3v) is 6.05. The Hall–Kier alpha value is -2.60. The number of hydrogen-bond acceptors (Lipinski definition) is 4. The molecule has 1 saturated carbocycles.